The first-order valence-corrected chi connectivity index (χ1v) is 6.18. The largest absolute Gasteiger partial charge is 0.497 e. The second-order valence-electron chi connectivity index (χ2n) is 3.93. The van der Waals surface area contributed by atoms with E-state index in [1.165, 1.54) is 0 Å². The quantitative estimate of drug-likeness (QED) is 0.643. The van der Waals surface area contributed by atoms with Crippen LogP contribution >= 0.6 is 15.9 Å². The van der Waals surface area contributed by atoms with Crippen molar-refractivity contribution in [2.75, 3.05) is 7.11 Å². The molecule has 3 rings (SSSR count). The minimum absolute atomic E-state index is 0.0265. The van der Waals surface area contributed by atoms with Gasteiger partial charge in [0.15, 0.2) is 0 Å². The van der Waals surface area contributed by atoms with Crippen molar-refractivity contribution in [2.45, 2.75) is 0 Å². The van der Waals surface area contributed by atoms with Gasteiger partial charge in [-0.15, -0.1) is 0 Å². The summed E-state index contributed by atoms with van der Waals surface area (Å²) in [5.74, 6) is 0.667. The number of hydrogen-bond donors (Lipinski definition) is 0. The summed E-state index contributed by atoms with van der Waals surface area (Å²) in [4.78, 5) is 12.3. The van der Waals surface area contributed by atoms with Crippen LogP contribution in [-0.4, -0.2) is 7.11 Å². The van der Waals surface area contributed by atoms with Crippen LogP contribution in [0.3, 0.4) is 0 Å². The van der Waals surface area contributed by atoms with Gasteiger partial charge in [0.05, 0.1) is 17.9 Å². The molecule has 0 saturated carbocycles. The molecular weight excluding hydrogens is 296 g/mol. The Morgan fingerprint density at radius 1 is 1.06 bits per heavy atom. The molecular formula is C14H9BrO3. The van der Waals surface area contributed by atoms with Crippen molar-refractivity contribution in [1.82, 2.24) is 0 Å². The average molecular weight is 305 g/mol. The van der Waals surface area contributed by atoms with Gasteiger partial charge in [0, 0.05) is 10.5 Å². The van der Waals surface area contributed by atoms with Crippen LogP contribution in [0.4, 0.5) is 0 Å². The summed E-state index contributed by atoms with van der Waals surface area (Å²) < 4.78 is 11.7. The van der Waals surface area contributed by atoms with Crippen molar-refractivity contribution >= 4 is 37.9 Å². The van der Waals surface area contributed by atoms with Crippen molar-refractivity contribution in [3.63, 3.8) is 0 Å². The fourth-order valence-electron chi connectivity index (χ4n) is 1.93. The predicted molar refractivity (Wildman–Crippen MR) is 74.2 cm³/mol. The van der Waals surface area contributed by atoms with Crippen LogP contribution in [0.25, 0.3) is 21.9 Å². The molecule has 0 amide bonds. The van der Waals surface area contributed by atoms with Crippen molar-refractivity contribution in [1.29, 1.82) is 0 Å². The van der Waals surface area contributed by atoms with Crippen LogP contribution in [0.2, 0.25) is 0 Å². The number of rotatable bonds is 1. The number of methoxy groups -OCH3 is 1. The molecule has 0 N–H and O–H groups in total. The molecule has 90 valence electrons. The molecule has 0 spiro atoms. The molecule has 0 bridgehead atoms. The summed E-state index contributed by atoms with van der Waals surface area (Å²) in [5.41, 5.74) is 1.07. The predicted octanol–water partition coefficient (Wildman–Crippen LogP) is 3.72. The van der Waals surface area contributed by atoms with Gasteiger partial charge in [0.1, 0.15) is 16.9 Å². The Labute approximate surface area is 111 Å². The minimum Gasteiger partial charge on any atom is -0.497 e. The summed E-state index contributed by atoms with van der Waals surface area (Å²) in [6, 6.07) is 10.6. The van der Waals surface area contributed by atoms with E-state index in [1.807, 2.05) is 6.07 Å². The number of fused-ring (bicyclic) bond motifs is 2. The van der Waals surface area contributed by atoms with Crippen molar-refractivity contribution < 1.29 is 9.15 Å². The van der Waals surface area contributed by atoms with E-state index in [2.05, 4.69) is 15.9 Å². The summed E-state index contributed by atoms with van der Waals surface area (Å²) in [7, 11) is 1.58. The van der Waals surface area contributed by atoms with Crippen LogP contribution < -0.4 is 10.2 Å². The Kier molecular flexibility index (Phi) is 2.59. The second kappa shape index (κ2) is 4.14. The highest BCUT2D eigenvalue weighted by atomic mass is 79.9. The molecule has 0 aliphatic heterocycles. The van der Waals surface area contributed by atoms with Gasteiger partial charge < -0.3 is 9.15 Å². The van der Waals surface area contributed by atoms with E-state index < -0.39 is 0 Å². The molecule has 0 aliphatic carbocycles. The third-order valence-electron chi connectivity index (χ3n) is 2.84. The number of hydrogen-bond acceptors (Lipinski definition) is 3. The highest BCUT2D eigenvalue weighted by Gasteiger charge is 2.08. The molecule has 3 nitrogen and oxygen atoms in total. The summed E-state index contributed by atoms with van der Waals surface area (Å²) in [6.45, 7) is 0. The molecule has 3 aromatic rings. The zero-order valence-corrected chi connectivity index (χ0v) is 11.2. The lowest BCUT2D eigenvalue weighted by atomic mass is 10.1. The van der Waals surface area contributed by atoms with E-state index in [0.717, 1.165) is 4.47 Å². The summed E-state index contributed by atoms with van der Waals surface area (Å²) in [5, 5.41) is 1.14. The highest BCUT2D eigenvalue weighted by Crippen LogP contribution is 2.24. The second-order valence-corrected chi connectivity index (χ2v) is 4.85. The number of halogens is 1. The Balaban J connectivity index is 2.48. The fourth-order valence-corrected chi connectivity index (χ4v) is 2.27. The molecule has 0 unspecified atom stereocenters. The lowest BCUT2D eigenvalue weighted by Gasteiger charge is -2.04. The van der Waals surface area contributed by atoms with Crippen LogP contribution in [0.1, 0.15) is 0 Å². The molecule has 2 aromatic carbocycles. The fraction of sp³-hybridized carbons (Fsp3) is 0.0714. The molecule has 0 atom stereocenters. The van der Waals surface area contributed by atoms with E-state index in [0.29, 0.717) is 27.7 Å². The van der Waals surface area contributed by atoms with Crippen molar-refractivity contribution in [3.8, 4) is 5.75 Å². The number of ether oxygens (including phenoxy) is 1. The van der Waals surface area contributed by atoms with E-state index in [-0.39, 0.29) is 5.43 Å². The first kappa shape index (κ1) is 11.3. The van der Waals surface area contributed by atoms with Crippen LogP contribution in [-0.2, 0) is 0 Å². The third kappa shape index (κ3) is 1.69. The highest BCUT2D eigenvalue weighted by molar-refractivity contribution is 9.10. The van der Waals surface area contributed by atoms with Gasteiger partial charge in [-0.1, -0.05) is 15.9 Å². The first-order chi connectivity index (χ1) is 8.69. The van der Waals surface area contributed by atoms with Gasteiger partial charge >= 0.3 is 0 Å². The Morgan fingerprint density at radius 3 is 2.44 bits per heavy atom. The third-order valence-corrected chi connectivity index (χ3v) is 3.33. The lowest BCUT2D eigenvalue weighted by Crippen LogP contribution is -2.01. The summed E-state index contributed by atoms with van der Waals surface area (Å²) >= 11 is 3.36. The van der Waals surface area contributed by atoms with Crippen LogP contribution in [0.15, 0.2) is 50.1 Å². The van der Waals surface area contributed by atoms with Gasteiger partial charge in [-0.3, -0.25) is 4.79 Å². The first-order valence-electron chi connectivity index (χ1n) is 5.39. The van der Waals surface area contributed by atoms with E-state index >= 15 is 0 Å². The van der Waals surface area contributed by atoms with Gasteiger partial charge in [-0.2, -0.15) is 0 Å². The van der Waals surface area contributed by atoms with Crippen molar-refractivity contribution in [2.24, 2.45) is 0 Å². The monoisotopic (exact) mass is 304 g/mol. The molecule has 0 aliphatic rings. The van der Waals surface area contributed by atoms with Crippen LogP contribution in [0.5, 0.6) is 5.75 Å². The van der Waals surface area contributed by atoms with E-state index in [9.17, 15) is 4.79 Å². The van der Waals surface area contributed by atoms with Gasteiger partial charge in [0.2, 0.25) is 5.43 Å². The topological polar surface area (TPSA) is 39.4 Å². The number of benzene rings is 2. The van der Waals surface area contributed by atoms with E-state index in [4.69, 9.17) is 9.15 Å². The zero-order valence-electron chi connectivity index (χ0n) is 9.57. The molecule has 1 heterocycles. The normalized spacial score (nSPS) is 11.0. The van der Waals surface area contributed by atoms with Gasteiger partial charge in [-0.25, -0.2) is 0 Å². The average Bonchev–Trinajstić information content (AvgIpc) is 2.38. The summed E-state index contributed by atoms with van der Waals surface area (Å²) in [6.07, 6.45) is 0. The molecule has 0 fully saturated rings. The Morgan fingerprint density at radius 2 is 1.72 bits per heavy atom. The van der Waals surface area contributed by atoms with Gasteiger partial charge in [0.25, 0.3) is 0 Å². The Hall–Kier alpha value is -1.81. The maximum absolute atomic E-state index is 12.3. The Bertz CT molecular complexity index is 805. The van der Waals surface area contributed by atoms with Crippen molar-refractivity contribution in [3.05, 3.63) is 51.1 Å². The minimum atomic E-state index is -0.0265. The van der Waals surface area contributed by atoms with Crippen LogP contribution in [0, 0.1) is 0 Å². The standard InChI is InChI=1S/C14H9BrO3/c1-17-9-3-5-11-13(7-9)18-12-6-8(15)2-4-10(12)14(11)16/h2-7H,1H3. The molecule has 0 saturated heterocycles. The molecule has 18 heavy (non-hydrogen) atoms. The zero-order chi connectivity index (χ0) is 12.7. The molecule has 0 radical (unpaired) electrons. The SMILES string of the molecule is COc1ccc2c(=O)c3ccc(Br)cc3oc2c1. The maximum atomic E-state index is 12.3. The molecule has 1 aromatic heterocycles. The molecule has 4 heteroatoms. The lowest BCUT2D eigenvalue weighted by molar-refractivity contribution is 0.414. The van der Waals surface area contributed by atoms with Gasteiger partial charge in [-0.05, 0) is 30.3 Å². The van der Waals surface area contributed by atoms with E-state index in [1.54, 1.807) is 37.4 Å². The maximum Gasteiger partial charge on any atom is 0.200 e. The smallest absolute Gasteiger partial charge is 0.200 e.